The van der Waals surface area contributed by atoms with Gasteiger partial charge in [-0.05, 0) is 30.4 Å². The van der Waals surface area contributed by atoms with Crippen LogP contribution in [0.1, 0.15) is 45.1 Å². The van der Waals surface area contributed by atoms with Crippen LogP contribution in [0, 0.1) is 6.92 Å². The lowest BCUT2D eigenvalue weighted by Crippen LogP contribution is -2.21. The molecule has 1 aliphatic carbocycles. The van der Waals surface area contributed by atoms with Crippen molar-refractivity contribution in [3.8, 4) is 0 Å². The number of rotatable bonds is 4. The van der Waals surface area contributed by atoms with E-state index in [9.17, 15) is 4.79 Å². The standard InChI is InChI=1S/C22H21N3O/c1-15-7-9-16(10-8-15)13-23-22-24-14-19-20(25-22)11-18(12-21(19)26)17-5-3-2-4-6-17/h2-10,14,18H,11-13H2,1H3,(H,23,24,25). The van der Waals surface area contributed by atoms with Crippen molar-refractivity contribution < 1.29 is 4.79 Å². The molecular formula is C22H21N3O. The highest BCUT2D eigenvalue weighted by molar-refractivity contribution is 5.98. The van der Waals surface area contributed by atoms with Crippen LogP contribution in [-0.4, -0.2) is 15.8 Å². The van der Waals surface area contributed by atoms with Crippen molar-refractivity contribution in [2.24, 2.45) is 0 Å². The summed E-state index contributed by atoms with van der Waals surface area (Å²) in [5.74, 6) is 0.895. The summed E-state index contributed by atoms with van der Waals surface area (Å²) in [5.41, 5.74) is 5.12. The lowest BCUT2D eigenvalue weighted by Gasteiger charge is -2.23. The van der Waals surface area contributed by atoms with Crippen LogP contribution < -0.4 is 5.32 Å². The topological polar surface area (TPSA) is 54.9 Å². The molecule has 4 nitrogen and oxygen atoms in total. The van der Waals surface area contributed by atoms with E-state index >= 15 is 0 Å². The van der Waals surface area contributed by atoms with E-state index in [1.54, 1.807) is 6.20 Å². The monoisotopic (exact) mass is 343 g/mol. The highest BCUT2D eigenvalue weighted by atomic mass is 16.1. The summed E-state index contributed by atoms with van der Waals surface area (Å²) in [6.07, 6.45) is 2.96. The number of Topliss-reactive ketones (excluding diaryl/α,β-unsaturated/α-hetero) is 1. The third-order valence-electron chi connectivity index (χ3n) is 4.88. The van der Waals surface area contributed by atoms with E-state index in [1.165, 1.54) is 16.7 Å². The van der Waals surface area contributed by atoms with Gasteiger partial charge in [0.05, 0.1) is 11.3 Å². The van der Waals surface area contributed by atoms with E-state index in [2.05, 4.69) is 58.6 Å². The molecule has 4 heteroatoms. The second-order valence-corrected chi connectivity index (χ2v) is 6.83. The number of carbonyl (C=O) groups is 1. The molecule has 0 amide bonds. The highest BCUT2D eigenvalue weighted by Gasteiger charge is 2.27. The Morgan fingerprint density at radius 1 is 1.04 bits per heavy atom. The van der Waals surface area contributed by atoms with E-state index in [0.29, 0.717) is 24.5 Å². The molecule has 3 aromatic rings. The van der Waals surface area contributed by atoms with Gasteiger partial charge in [0, 0.05) is 19.2 Å². The number of nitrogens with one attached hydrogen (secondary N) is 1. The first-order chi connectivity index (χ1) is 12.7. The van der Waals surface area contributed by atoms with Crippen molar-refractivity contribution in [2.75, 3.05) is 5.32 Å². The van der Waals surface area contributed by atoms with Gasteiger partial charge in [-0.25, -0.2) is 9.97 Å². The van der Waals surface area contributed by atoms with Gasteiger partial charge in [0.15, 0.2) is 5.78 Å². The maximum atomic E-state index is 12.5. The summed E-state index contributed by atoms with van der Waals surface area (Å²) in [6, 6.07) is 18.6. The van der Waals surface area contributed by atoms with Crippen LogP contribution in [0.5, 0.6) is 0 Å². The van der Waals surface area contributed by atoms with Crippen LogP contribution in [-0.2, 0) is 13.0 Å². The van der Waals surface area contributed by atoms with Crippen molar-refractivity contribution in [1.29, 1.82) is 0 Å². The Balaban J connectivity index is 1.52. The summed E-state index contributed by atoms with van der Waals surface area (Å²) in [6.45, 7) is 2.74. The van der Waals surface area contributed by atoms with Gasteiger partial charge in [0.25, 0.3) is 0 Å². The van der Waals surface area contributed by atoms with Crippen LogP contribution >= 0.6 is 0 Å². The Kier molecular flexibility index (Phi) is 4.48. The van der Waals surface area contributed by atoms with E-state index < -0.39 is 0 Å². The number of ketones is 1. The molecule has 0 saturated carbocycles. The molecule has 4 rings (SSSR count). The average Bonchev–Trinajstić information content (AvgIpc) is 2.68. The van der Waals surface area contributed by atoms with Crippen molar-refractivity contribution in [1.82, 2.24) is 9.97 Å². The first-order valence-corrected chi connectivity index (χ1v) is 8.92. The Morgan fingerprint density at radius 3 is 2.58 bits per heavy atom. The zero-order valence-electron chi connectivity index (χ0n) is 14.8. The minimum Gasteiger partial charge on any atom is -0.350 e. The van der Waals surface area contributed by atoms with E-state index in [1.807, 2.05) is 18.2 Å². The minimum atomic E-state index is 0.130. The molecular weight excluding hydrogens is 322 g/mol. The van der Waals surface area contributed by atoms with Gasteiger partial charge in [0.1, 0.15) is 0 Å². The van der Waals surface area contributed by atoms with Crippen LogP contribution in [0.4, 0.5) is 5.95 Å². The Morgan fingerprint density at radius 2 is 1.81 bits per heavy atom. The predicted molar refractivity (Wildman–Crippen MR) is 102 cm³/mol. The predicted octanol–water partition coefficient (Wildman–Crippen LogP) is 4.31. The van der Waals surface area contributed by atoms with Gasteiger partial charge in [-0.3, -0.25) is 4.79 Å². The zero-order chi connectivity index (χ0) is 17.9. The smallest absolute Gasteiger partial charge is 0.223 e. The first kappa shape index (κ1) is 16.5. The molecule has 0 radical (unpaired) electrons. The summed E-state index contributed by atoms with van der Waals surface area (Å²) < 4.78 is 0. The molecule has 0 aliphatic heterocycles. The number of fused-ring (bicyclic) bond motifs is 1. The molecule has 1 unspecified atom stereocenters. The lowest BCUT2D eigenvalue weighted by molar-refractivity contribution is 0.0962. The molecule has 0 fully saturated rings. The first-order valence-electron chi connectivity index (χ1n) is 8.92. The second-order valence-electron chi connectivity index (χ2n) is 6.83. The summed E-state index contributed by atoms with van der Waals surface area (Å²) >= 11 is 0. The van der Waals surface area contributed by atoms with E-state index in [0.717, 1.165) is 12.1 Å². The van der Waals surface area contributed by atoms with Crippen molar-refractivity contribution >= 4 is 11.7 Å². The molecule has 1 aliphatic rings. The molecule has 0 saturated heterocycles. The Hall–Kier alpha value is -3.01. The molecule has 2 aromatic carbocycles. The third-order valence-corrected chi connectivity index (χ3v) is 4.88. The van der Waals surface area contributed by atoms with Gasteiger partial charge < -0.3 is 5.32 Å². The number of hydrogen-bond acceptors (Lipinski definition) is 4. The minimum absolute atomic E-state index is 0.130. The lowest BCUT2D eigenvalue weighted by atomic mass is 9.82. The van der Waals surface area contributed by atoms with Gasteiger partial charge >= 0.3 is 0 Å². The van der Waals surface area contributed by atoms with Crippen molar-refractivity contribution in [2.45, 2.75) is 32.2 Å². The zero-order valence-corrected chi connectivity index (χ0v) is 14.8. The van der Waals surface area contributed by atoms with Crippen molar-refractivity contribution in [3.63, 3.8) is 0 Å². The fourth-order valence-electron chi connectivity index (χ4n) is 3.38. The van der Waals surface area contributed by atoms with E-state index in [-0.39, 0.29) is 11.7 Å². The number of hydrogen-bond donors (Lipinski definition) is 1. The van der Waals surface area contributed by atoms with Crippen molar-refractivity contribution in [3.05, 3.63) is 88.7 Å². The normalized spacial score (nSPS) is 16.2. The summed E-state index contributed by atoms with van der Waals surface area (Å²) in [7, 11) is 0. The molecule has 1 atom stereocenters. The summed E-state index contributed by atoms with van der Waals surface area (Å²) in [5, 5.41) is 3.27. The van der Waals surface area contributed by atoms with Gasteiger partial charge in [-0.1, -0.05) is 60.2 Å². The fraction of sp³-hybridized carbons (Fsp3) is 0.227. The van der Waals surface area contributed by atoms with Gasteiger partial charge in [-0.15, -0.1) is 0 Å². The van der Waals surface area contributed by atoms with Gasteiger partial charge in [0.2, 0.25) is 5.95 Å². The van der Waals surface area contributed by atoms with Crippen LogP contribution in [0.25, 0.3) is 0 Å². The quantitative estimate of drug-likeness (QED) is 0.767. The maximum Gasteiger partial charge on any atom is 0.223 e. The highest BCUT2D eigenvalue weighted by Crippen LogP contribution is 2.31. The van der Waals surface area contributed by atoms with E-state index in [4.69, 9.17) is 0 Å². The number of carbonyl (C=O) groups excluding carboxylic acids is 1. The molecule has 130 valence electrons. The third kappa shape index (κ3) is 3.49. The average molecular weight is 343 g/mol. The second kappa shape index (κ2) is 7.08. The Bertz CT molecular complexity index is 920. The number of nitrogens with zero attached hydrogens (tertiary/aromatic N) is 2. The molecule has 1 N–H and O–H groups in total. The van der Waals surface area contributed by atoms with Crippen LogP contribution in [0.3, 0.4) is 0 Å². The fourth-order valence-corrected chi connectivity index (χ4v) is 3.38. The number of benzene rings is 2. The number of aryl methyl sites for hydroxylation is 1. The molecule has 0 bridgehead atoms. The summed E-state index contributed by atoms with van der Waals surface area (Å²) in [4.78, 5) is 21.5. The molecule has 1 heterocycles. The number of anilines is 1. The van der Waals surface area contributed by atoms with Crippen LogP contribution in [0.2, 0.25) is 0 Å². The molecule has 1 aromatic heterocycles. The number of aromatic nitrogens is 2. The van der Waals surface area contributed by atoms with Crippen LogP contribution in [0.15, 0.2) is 60.8 Å². The molecule has 0 spiro atoms. The Labute approximate surface area is 153 Å². The maximum absolute atomic E-state index is 12.5. The largest absolute Gasteiger partial charge is 0.350 e. The molecule has 26 heavy (non-hydrogen) atoms. The van der Waals surface area contributed by atoms with Gasteiger partial charge in [-0.2, -0.15) is 0 Å². The SMILES string of the molecule is Cc1ccc(CNc2ncc3c(n2)CC(c2ccccc2)CC3=O)cc1.